The van der Waals surface area contributed by atoms with Crippen molar-refractivity contribution < 1.29 is 24.2 Å². The van der Waals surface area contributed by atoms with Crippen LogP contribution in [-0.2, 0) is 9.53 Å². The third kappa shape index (κ3) is 3.36. The van der Waals surface area contributed by atoms with E-state index in [0.29, 0.717) is 0 Å². The maximum absolute atomic E-state index is 11.3. The van der Waals surface area contributed by atoms with Crippen LogP contribution in [-0.4, -0.2) is 35.4 Å². The molecule has 1 aromatic carbocycles. The minimum absolute atomic E-state index is 0.0251. The predicted octanol–water partition coefficient (Wildman–Crippen LogP) is 1.11. The first-order chi connectivity index (χ1) is 8.47. The average Bonchev–Trinajstić information content (AvgIpc) is 2.37. The highest BCUT2D eigenvalue weighted by atomic mass is 32.1. The first-order valence-corrected chi connectivity index (χ1v) is 5.18. The van der Waals surface area contributed by atoms with Crippen molar-refractivity contribution in [3.63, 3.8) is 0 Å². The van der Waals surface area contributed by atoms with Crippen LogP contribution < -0.4 is 5.32 Å². The molecule has 0 heterocycles. The van der Waals surface area contributed by atoms with Crippen molar-refractivity contribution in [3.05, 3.63) is 29.3 Å². The van der Waals surface area contributed by atoms with E-state index in [2.05, 4.69) is 22.3 Å². The molecule has 2 N–H and O–H groups in total. The Morgan fingerprint density at radius 1 is 1.28 bits per heavy atom. The summed E-state index contributed by atoms with van der Waals surface area (Å²) < 4.78 is 4.48. The molecular formula is C11H9NO5S. The van der Waals surface area contributed by atoms with Crippen molar-refractivity contribution in [1.29, 1.82) is 0 Å². The molecule has 0 saturated heterocycles. The molecule has 0 aliphatic rings. The SMILES string of the molecule is COC(=O)c1cc(NC(=O)C=S)cc(C(=O)O)c1. The van der Waals surface area contributed by atoms with Crippen molar-refractivity contribution >= 4 is 41.1 Å². The molecule has 0 aliphatic heterocycles. The standard InChI is InChI=1S/C11H9NO5S/c1-17-11(16)7-2-6(10(14)15)3-8(4-7)12-9(13)5-18/h2-5H,1H3,(H,12,13)(H,14,15). The van der Waals surface area contributed by atoms with Gasteiger partial charge in [-0.05, 0) is 18.2 Å². The van der Waals surface area contributed by atoms with E-state index in [-0.39, 0.29) is 16.8 Å². The third-order valence-corrected chi connectivity index (χ3v) is 2.19. The van der Waals surface area contributed by atoms with Crippen LogP contribution in [0.25, 0.3) is 0 Å². The molecule has 0 saturated carbocycles. The number of aromatic carboxylic acids is 1. The number of esters is 1. The molecule has 1 amide bonds. The Bertz CT molecular complexity index is 526. The van der Waals surface area contributed by atoms with Crippen LogP contribution in [0.1, 0.15) is 20.7 Å². The quantitative estimate of drug-likeness (QED) is 0.627. The molecule has 7 heteroatoms. The van der Waals surface area contributed by atoms with Gasteiger partial charge < -0.3 is 15.2 Å². The number of amides is 1. The van der Waals surface area contributed by atoms with Crippen LogP contribution in [0.3, 0.4) is 0 Å². The average molecular weight is 267 g/mol. The molecular weight excluding hydrogens is 258 g/mol. The predicted molar refractivity (Wildman–Crippen MR) is 67.0 cm³/mol. The number of benzene rings is 1. The number of carbonyl (C=O) groups is 3. The summed E-state index contributed by atoms with van der Waals surface area (Å²) in [4.78, 5) is 33.3. The van der Waals surface area contributed by atoms with E-state index in [4.69, 9.17) is 5.11 Å². The van der Waals surface area contributed by atoms with Crippen molar-refractivity contribution in [2.45, 2.75) is 0 Å². The second kappa shape index (κ2) is 5.87. The Hall–Kier alpha value is -2.28. The van der Waals surface area contributed by atoms with E-state index in [1.807, 2.05) is 0 Å². The molecule has 0 spiro atoms. The minimum atomic E-state index is -1.22. The molecule has 0 radical (unpaired) electrons. The molecule has 1 rings (SSSR count). The zero-order valence-corrected chi connectivity index (χ0v) is 10.1. The van der Waals surface area contributed by atoms with Crippen molar-refractivity contribution in [2.24, 2.45) is 0 Å². The van der Waals surface area contributed by atoms with Gasteiger partial charge in [-0.25, -0.2) is 9.59 Å². The maximum atomic E-state index is 11.3. The summed E-state index contributed by atoms with van der Waals surface area (Å²) >= 11 is 4.42. The highest BCUT2D eigenvalue weighted by Crippen LogP contribution is 2.16. The minimum Gasteiger partial charge on any atom is -0.478 e. The lowest BCUT2D eigenvalue weighted by Gasteiger charge is -2.06. The van der Waals surface area contributed by atoms with Crippen LogP contribution in [0, 0.1) is 0 Å². The molecule has 1 aromatic rings. The third-order valence-electron chi connectivity index (χ3n) is 1.98. The fraction of sp³-hybridized carbons (Fsp3) is 0.0909. The van der Waals surface area contributed by atoms with Gasteiger partial charge in [0.05, 0.1) is 23.6 Å². The van der Waals surface area contributed by atoms with E-state index in [1.54, 1.807) is 0 Å². The zero-order chi connectivity index (χ0) is 13.7. The largest absolute Gasteiger partial charge is 0.478 e. The normalized spacial score (nSPS) is 9.39. The van der Waals surface area contributed by atoms with Gasteiger partial charge in [-0.15, -0.1) is 0 Å². The Balaban J connectivity index is 3.21. The summed E-state index contributed by atoms with van der Waals surface area (Å²) in [6.45, 7) is 0. The number of ether oxygens (including phenoxy) is 1. The smallest absolute Gasteiger partial charge is 0.337 e. The van der Waals surface area contributed by atoms with Gasteiger partial charge in [0, 0.05) is 5.69 Å². The van der Waals surface area contributed by atoms with Crippen LogP contribution in [0.15, 0.2) is 18.2 Å². The monoisotopic (exact) mass is 267 g/mol. The first kappa shape index (κ1) is 13.8. The van der Waals surface area contributed by atoms with Crippen molar-refractivity contribution in [1.82, 2.24) is 0 Å². The molecule has 0 fully saturated rings. The lowest BCUT2D eigenvalue weighted by molar-refractivity contribution is -0.109. The Morgan fingerprint density at radius 2 is 1.89 bits per heavy atom. The second-order valence-electron chi connectivity index (χ2n) is 3.20. The number of rotatable bonds is 4. The highest BCUT2D eigenvalue weighted by molar-refractivity contribution is 7.80. The van der Waals surface area contributed by atoms with E-state index < -0.39 is 17.8 Å². The van der Waals surface area contributed by atoms with Crippen LogP contribution in [0.4, 0.5) is 5.69 Å². The summed E-state index contributed by atoms with van der Waals surface area (Å²) in [5, 5.41) is 12.1. The summed E-state index contributed by atoms with van der Waals surface area (Å²) in [5.41, 5.74) is 0.0380. The summed E-state index contributed by atoms with van der Waals surface area (Å²) in [7, 11) is 1.17. The molecule has 0 bridgehead atoms. The molecule has 18 heavy (non-hydrogen) atoms. The van der Waals surface area contributed by atoms with Crippen molar-refractivity contribution in [2.75, 3.05) is 12.4 Å². The number of carboxylic acid groups (broad SMARTS) is 1. The maximum Gasteiger partial charge on any atom is 0.337 e. The van der Waals surface area contributed by atoms with Gasteiger partial charge in [0.2, 0.25) is 0 Å². The van der Waals surface area contributed by atoms with Gasteiger partial charge in [-0.2, -0.15) is 0 Å². The van der Waals surface area contributed by atoms with Gasteiger partial charge in [0.1, 0.15) is 0 Å². The van der Waals surface area contributed by atoms with Gasteiger partial charge in [-0.3, -0.25) is 4.79 Å². The summed E-state index contributed by atoms with van der Waals surface area (Å²) in [5.74, 6) is -2.50. The summed E-state index contributed by atoms with van der Waals surface area (Å²) in [6, 6.07) is 3.67. The molecule has 94 valence electrons. The molecule has 0 unspecified atom stereocenters. The number of methoxy groups -OCH3 is 1. The topological polar surface area (TPSA) is 92.7 Å². The van der Waals surface area contributed by atoms with Gasteiger partial charge in [0.15, 0.2) is 0 Å². The highest BCUT2D eigenvalue weighted by Gasteiger charge is 2.13. The summed E-state index contributed by atoms with van der Waals surface area (Å²) in [6.07, 6.45) is 0. The van der Waals surface area contributed by atoms with Gasteiger partial charge >= 0.3 is 11.9 Å². The van der Waals surface area contributed by atoms with E-state index in [1.165, 1.54) is 19.2 Å². The number of nitrogens with one attached hydrogen (secondary N) is 1. The number of thiocarbonyl (C=S) groups is 1. The molecule has 0 aromatic heterocycles. The van der Waals surface area contributed by atoms with Gasteiger partial charge in [0.25, 0.3) is 5.91 Å². The lowest BCUT2D eigenvalue weighted by Crippen LogP contribution is -2.13. The zero-order valence-electron chi connectivity index (χ0n) is 9.30. The molecule has 0 atom stereocenters. The number of hydrogen-bond acceptors (Lipinski definition) is 5. The van der Waals surface area contributed by atoms with E-state index >= 15 is 0 Å². The Labute approximate surface area is 108 Å². The molecule has 0 aliphatic carbocycles. The molecule has 6 nitrogen and oxygen atoms in total. The van der Waals surface area contributed by atoms with Crippen molar-refractivity contribution in [3.8, 4) is 0 Å². The lowest BCUT2D eigenvalue weighted by atomic mass is 10.1. The Kier molecular flexibility index (Phi) is 4.50. The van der Waals surface area contributed by atoms with Crippen LogP contribution >= 0.6 is 12.2 Å². The van der Waals surface area contributed by atoms with Crippen LogP contribution in [0.5, 0.6) is 0 Å². The van der Waals surface area contributed by atoms with Gasteiger partial charge in [-0.1, -0.05) is 12.2 Å². The Morgan fingerprint density at radius 3 is 2.39 bits per heavy atom. The number of carboxylic acids is 1. The number of carbonyl (C=O) groups excluding carboxylic acids is 2. The second-order valence-corrected chi connectivity index (χ2v) is 3.44. The fourth-order valence-corrected chi connectivity index (χ4v) is 1.29. The first-order valence-electron chi connectivity index (χ1n) is 4.70. The fourth-order valence-electron chi connectivity index (χ4n) is 1.23. The number of hydrogen-bond donors (Lipinski definition) is 2. The van der Waals surface area contributed by atoms with E-state index in [0.717, 1.165) is 11.4 Å². The van der Waals surface area contributed by atoms with E-state index in [9.17, 15) is 14.4 Å². The number of anilines is 1. The van der Waals surface area contributed by atoms with Crippen LogP contribution in [0.2, 0.25) is 0 Å².